The van der Waals surface area contributed by atoms with E-state index in [1.807, 2.05) is 5.38 Å². The molecule has 2 saturated heterocycles. The molecule has 2 fully saturated rings. The summed E-state index contributed by atoms with van der Waals surface area (Å²) in [5.41, 5.74) is 0. The molecule has 3 unspecified atom stereocenters. The summed E-state index contributed by atoms with van der Waals surface area (Å²) in [4.78, 5) is 12.9. The molecule has 1 aromatic heterocycles. The van der Waals surface area contributed by atoms with Crippen molar-refractivity contribution in [2.45, 2.75) is 31.5 Å². The van der Waals surface area contributed by atoms with Crippen LogP contribution in [0.1, 0.15) is 28.9 Å². The maximum atomic E-state index is 12.2. The number of carbonyl (C=O) groups is 1. The van der Waals surface area contributed by atoms with Gasteiger partial charge in [-0.05, 0) is 30.7 Å². The second kappa shape index (κ2) is 3.58. The summed E-state index contributed by atoms with van der Waals surface area (Å²) in [5, 5.41) is 2.46. The lowest BCUT2D eigenvalue weighted by Crippen LogP contribution is -2.24. The first-order valence-corrected chi connectivity index (χ1v) is 6.44. The fourth-order valence-electron chi connectivity index (χ4n) is 2.55. The molecule has 80 valence electrons. The van der Waals surface area contributed by atoms with E-state index < -0.39 is 0 Å². The maximum Gasteiger partial charge on any atom is 0.180 e. The van der Waals surface area contributed by atoms with Crippen LogP contribution < -0.4 is 0 Å². The Labute approximate surface area is 97.2 Å². The highest BCUT2D eigenvalue weighted by Crippen LogP contribution is 2.41. The first-order valence-electron chi connectivity index (χ1n) is 5.18. The van der Waals surface area contributed by atoms with Crippen molar-refractivity contribution in [2.75, 3.05) is 0 Å². The highest BCUT2D eigenvalue weighted by molar-refractivity contribution is 7.12. The SMILES string of the molecule is O=C(c1sccc1Cl)C1CC2CCC1O2. The van der Waals surface area contributed by atoms with E-state index in [2.05, 4.69) is 0 Å². The number of ether oxygens (including phenoxy) is 1. The first-order chi connectivity index (χ1) is 7.25. The molecule has 0 spiro atoms. The van der Waals surface area contributed by atoms with Gasteiger partial charge in [-0.25, -0.2) is 0 Å². The molecule has 0 aromatic carbocycles. The van der Waals surface area contributed by atoms with Gasteiger partial charge >= 0.3 is 0 Å². The number of halogens is 1. The summed E-state index contributed by atoms with van der Waals surface area (Å²) in [6.45, 7) is 0. The van der Waals surface area contributed by atoms with E-state index in [0.29, 0.717) is 16.0 Å². The molecule has 15 heavy (non-hydrogen) atoms. The number of thiophene rings is 1. The largest absolute Gasteiger partial charge is 0.374 e. The van der Waals surface area contributed by atoms with Gasteiger partial charge in [0.05, 0.1) is 28.0 Å². The highest BCUT2D eigenvalue weighted by atomic mass is 35.5. The van der Waals surface area contributed by atoms with Crippen molar-refractivity contribution < 1.29 is 9.53 Å². The van der Waals surface area contributed by atoms with E-state index in [0.717, 1.165) is 19.3 Å². The van der Waals surface area contributed by atoms with Gasteiger partial charge in [-0.3, -0.25) is 4.79 Å². The third-order valence-corrected chi connectivity index (χ3v) is 4.64. The van der Waals surface area contributed by atoms with Crippen LogP contribution in [0.2, 0.25) is 5.02 Å². The monoisotopic (exact) mass is 242 g/mol. The molecule has 2 nitrogen and oxygen atoms in total. The lowest BCUT2D eigenvalue weighted by Gasteiger charge is -2.16. The average Bonchev–Trinajstić information content (AvgIpc) is 2.91. The van der Waals surface area contributed by atoms with Crippen LogP contribution in [-0.4, -0.2) is 18.0 Å². The Kier molecular flexibility index (Phi) is 2.34. The van der Waals surface area contributed by atoms with Crippen LogP contribution in [0.3, 0.4) is 0 Å². The predicted molar refractivity (Wildman–Crippen MR) is 59.7 cm³/mol. The van der Waals surface area contributed by atoms with Gasteiger partial charge in [-0.15, -0.1) is 11.3 Å². The molecule has 4 heteroatoms. The highest BCUT2D eigenvalue weighted by Gasteiger charge is 2.45. The first kappa shape index (κ1) is 9.82. The quantitative estimate of drug-likeness (QED) is 0.745. The molecule has 0 amide bonds. The number of rotatable bonds is 2. The van der Waals surface area contributed by atoms with Crippen molar-refractivity contribution in [1.29, 1.82) is 0 Å². The minimum absolute atomic E-state index is 0.0555. The molecule has 0 aliphatic carbocycles. The average molecular weight is 243 g/mol. The van der Waals surface area contributed by atoms with Crippen LogP contribution in [0.5, 0.6) is 0 Å². The molecular formula is C11H11ClO2S. The van der Waals surface area contributed by atoms with Gasteiger partial charge in [0.25, 0.3) is 0 Å². The topological polar surface area (TPSA) is 26.3 Å². The molecule has 3 atom stereocenters. The summed E-state index contributed by atoms with van der Waals surface area (Å²) < 4.78 is 5.68. The van der Waals surface area contributed by atoms with E-state index in [-0.39, 0.29) is 17.8 Å². The molecule has 0 saturated carbocycles. The third kappa shape index (κ3) is 1.53. The van der Waals surface area contributed by atoms with Crippen molar-refractivity contribution >= 4 is 28.7 Å². The van der Waals surface area contributed by atoms with Crippen molar-refractivity contribution in [3.63, 3.8) is 0 Å². The maximum absolute atomic E-state index is 12.2. The minimum Gasteiger partial charge on any atom is -0.374 e. The van der Waals surface area contributed by atoms with Gasteiger partial charge in [0, 0.05) is 0 Å². The van der Waals surface area contributed by atoms with Crippen molar-refractivity contribution in [3.8, 4) is 0 Å². The van der Waals surface area contributed by atoms with E-state index in [4.69, 9.17) is 16.3 Å². The minimum atomic E-state index is 0.0555. The number of carbonyl (C=O) groups excluding carboxylic acids is 1. The van der Waals surface area contributed by atoms with Crippen LogP contribution in [0.25, 0.3) is 0 Å². The number of ketones is 1. The number of hydrogen-bond acceptors (Lipinski definition) is 3. The van der Waals surface area contributed by atoms with Gasteiger partial charge in [0.15, 0.2) is 5.78 Å². The summed E-state index contributed by atoms with van der Waals surface area (Å²) in [6, 6.07) is 1.79. The molecule has 2 bridgehead atoms. The van der Waals surface area contributed by atoms with Crippen molar-refractivity contribution in [3.05, 3.63) is 21.3 Å². The Morgan fingerprint density at radius 1 is 1.53 bits per heavy atom. The van der Waals surface area contributed by atoms with Crippen molar-refractivity contribution in [2.24, 2.45) is 5.92 Å². The zero-order chi connectivity index (χ0) is 10.4. The molecule has 0 radical (unpaired) electrons. The molecule has 0 N–H and O–H groups in total. The van der Waals surface area contributed by atoms with Gasteiger partial charge in [-0.1, -0.05) is 11.6 Å². The second-order valence-electron chi connectivity index (χ2n) is 4.18. The van der Waals surface area contributed by atoms with E-state index in [1.54, 1.807) is 6.07 Å². The van der Waals surface area contributed by atoms with E-state index >= 15 is 0 Å². The molecule has 2 aliphatic heterocycles. The van der Waals surface area contributed by atoms with E-state index in [9.17, 15) is 4.79 Å². The lowest BCUT2D eigenvalue weighted by molar-refractivity contribution is 0.0746. The fourth-order valence-corrected chi connectivity index (χ4v) is 3.70. The van der Waals surface area contributed by atoms with Crippen LogP contribution in [0.4, 0.5) is 0 Å². The van der Waals surface area contributed by atoms with Gasteiger partial charge in [0.1, 0.15) is 0 Å². The molecule has 3 rings (SSSR count). The summed E-state index contributed by atoms with van der Waals surface area (Å²) in [7, 11) is 0. The number of hydrogen-bond donors (Lipinski definition) is 0. The van der Waals surface area contributed by atoms with E-state index in [1.165, 1.54) is 11.3 Å². The Balaban J connectivity index is 1.84. The zero-order valence-electron chi connectivity index (χ0n) is 8.11. The van der Waals surface area contributed by atoms with Gasteiger partial charge in [0.2, 0.25) is 0 Å². The Morgan fingerprint density at radius 3 is 2.93 bits per heavy atom. The second-order valence-corrected chi connectivity index (χ2v) is 5.50. The Hall–Kier alpha value is -0.380. The summed E-state index contributed by atoms with van der Waals surface area (Å²) in [6.07, 6.45) is 3.51. The smallest absolute Gasteiger partial charge is 0.180 e. The number of fused-ring (bicyclic) bond motifs is 2. The number of Topliss-reactive ketones (excluding diaryl/α,β-unsaturated/α-hetero) is 1. The Bertz CT molecular complexity index is 401. The summed E-state index contributed by atoms with van der Waals surface area (Å²) in [5.74, 6) is 0.238. The Morgan fingerprint density at radius 2 is 2.40 bits per heavy atom. The normalized spacial score (nSPS) is 33.5. The molecule has 1 aromatic rings. The zero-order valence-corrected chi connectivity index (χ0v) is 9.68. The predicted octanol–water partition coefficient (Wildman–Crippen LogP) is 3.15. The van der Waals surface area contributed by atoms with Crippen molar-refractivity contribution in [1.82, 2.24) is 0 Å². The van der Waals surface area contributed by atoms with Crippen LogP contribution in [0, 0.1) is 5.92 Å². The fraction of sp³-hybridized carbons (Fsp3) is 0.545. The van der Waals surface area contributed by atoms with Crippen LogP contribution >= 0.6 is 22.9 Å². The summed E-state index contributed by atoms with van der Waals surface area (Å²) >= 11 is 7.40. The molecule has 3 heterocycles. The molecular weight excluding hydrogens is 232 g/mol. The third-order valence-electron chi connectivity index (χ3n) is 3.28. The lowest BCUT2D eigenvalue weighted by atomic mass is 9.86. The van der Waals surface area contributed by atoms with Gasteiger partial charge in [-0.2, -0.15) is 0 Å². The standard InChI is InChI=1S/C11H11ClO2S/c12-8-3-4-15-11(8)10(13)7-5-6-1-2-9(7)14-6/h3-4,6-7,9H,1-2,5H2. The molecule has 2 aliphatic rings. The van der Waals surface area contributed by atoms with Crippen LogP contribution in [0.15, 0.2) is 11.4 Å². The van der Waals surface area contributed by atoms with Gasteiger partial charge < -0.3 is 4.74 Å². The van der Waals surface area contributed by atoms with Crippen LogP contribution in [-0.2, 0) is 4.74 Å².